The van der Waals surface area contributed by atoms with Crippen molar-refractivity contribution in [1.29, 1.82) is 0 Å². The maximum atomic E-state index is 12.2. The quantitative estimate of drug-likeness (QED) is 0.726. The second-order valence-corrected chi connectivity index (χ2v) is 6.25. The van der Waals surface area contributed by atoms with Gasteiger partial charge in [0.25, 0.3) is 5.91 Å². The lowest BCUT2D eigenvalue weighted by Gasteiger charge is -2.13. The lowest BCUT2D eigenvalue weighted by atomic mass is 10.2. The van der Waals surface area contributed by atoms with Gasteiger partial charge in [0, 0.05) is 12.1 Å². The SMILES string of the molecule is CCC(C)Oc1ccc(C(=O)NC(=S)NCc2ccc(OC)cc2)cc1. The molecule has 5 nitrogen and oxygen atoms in total. The molecular weight excluding hydrogens is 348 g/mol. The molecule has 0 fully saturated rings. The van der Waals surface area contributed by atoms with E-state index in [4.69, 9.17) is 21.7 Å². The van der Waals surface area contributed by atoms with Crippen molar-refractivity contribution in [3.8, 4) is 11.5 Å². The van der Waals surface area contributed by atoms with Crippen LogP contribution in [0.15, 0.2) is 48.5 Å². The smallest absolute Gasteiger partial charge is 0.257 e. The Hall–Kier alpha value is -2.60. The van der Waals surface area contributed by atoms with Crippen LogP contribution in [0.4, 0.5) is 0 Å². The molecule has 2 aromatic carbocycles. The Kier molecular flexibility index (Phi) is 7.41. The number of hydrogen-bond donors (Lipinski definition) is 2. The summed E-state index contributed by atoms with van der Waals surface area (Å²) in [5, 5.41) is 5.98. The number of amides is 1. The minimum Gasteiger partial charge on any atom is -0.497 e. The van der Waals surface area contributed by atoms with E-state index in [9.17, 15) is 4.79 Å². The number of hydrogen-bond acceptors (Lipinski definition) is 4. The van der Waals surface area contributed by atoms with Gasteiger partial charge in [0.1, 0.15) is 11.5 Å². The largest absolute Gasteiger partial charge is 0.497 e. The predicted octanol–water partition coefficient (Wildman–Crippen LogP) is 3.68. The summed E-state index contributed by atoms with van der Waals surface area (Å²) < 4.78 is 10.8. The van der Waals surface area contributed by atoms with Crippen molar-refractivity contribution in [3.05, 3.63) is 59.7 Å². The molecular formula is C20H24N2O3S. The normalized spacial score (nSPS) is 11.3. The molecule has 0 aromatic heterocycles. The van der Waals surface area contributed by atoms with E-state index in [1.807, 2.05) is 31.2 Å². The Labute approximate surface area is 159 Å². The standard InChI is InChI=1S/C20H24N2O3S/c1-4-14(2)25-18-11-7-16(8-12-18)19(23)22-20(26)21-13-15-5-9-17(24-3)10-6-15/h5-12,14H,4,13H2,1-3H3,(H2,21,22,23,26). The average molecular weight is 372 g/mol. The molecule has 0 saturated heterocycles. The van der Waals surface area contributed by atoms with Gasteiger partial charge in [0.15, 0.2) is 5.11 Å². The molecule has 1 amide bonds. The number of benzene rings is 2. The molecule has 0 aliphatic rings. The molecule has 138 valence electrons. The van der Waals surface area contributed by atoms with Crippen LogP contribution in [0.25, 0.3) is 0 Å². The first-order valence-electron chi connectivity index (χ1n) is 8.50. The van der Waals surface area contributed by atoms with Crippen LogP contribution in [0.2, 0.25) is 0 Å². The summed E-state index contributed by atoms with van der Waals surface area (Å²) in [7, 11) is 1.63. The Morgan fingerprint density at radius 2 is 1.69 bits per heavy atom. The number of carbonyl (C=O) groups excluding carboxylic acids is 1. The van der Waals surface area contributed by atoms with E-state index in [0.29, 0.717) is 12.1 Å². The third-order valence-electron chi connectivity index (χ3n) is 3.87. The molecule has 0 heterocycles. The maximum Gasteiger partial charge on any atom is 0.257 e. The molecule has 0 radical (unpaired) electrons. The van der Waals surface area contributed by atoms with Crippen molar-refractivity contribution in [3.63, 3.8) is 0 Å². The van der Waals surface area contributed by atoms with Crippen LogP contribution in [-0.2, 0) is 6.54 Å². The van der Waals surface area contributed by atoms with Crippen molar-refractivity contribution in [1.82, 2.24) is 10.6 Å². The van der Waals surface area contributed by atoms with Gasteiger partial charge >= 0.3 is 0 Å². The van der Waals surface area contributed by atoms with Gasteiger partial charge in [0.05, 0.1) is 13.2 Å². The van der Waals surface area contributed by atoms with Crippen LogP contribution < -0.4 is 20.1 Å². The van der Waals surface area contributed by atoms with Crippen molar-refractivity contribution in [2.45, 2.75) is 32.9 Å². The van der Waals surface area contributed by atoms with Crippen LogP contribution in [0.1, 0.15) is 36.2 Å². The molecule has 0 spiro atoms. The topological polar surface area (TPSA) is 59.6 Å². The van der Waals surface area contributed by atoms with E-state index in [2.05, 4.69) is 17.6 Å². The monoisotopic (exact) mass is 372 g/mol. The van der Waals surface area contributed by atoms with Gasteiger partial charge in [-0.25, -0.2) is 0 Å². The van der Waals surface area contributed by atoms with Crippen molar-refractivity contribution >= 4 is 23.2 Å². The molecule has 2 rings (SSSR count). The highest BCUT2D eigenvalue weighted by Gasteiger charge is 2.09. The fourth-order valence-electron chi connectivity index (χ4n) is 2.15. The molecule has 0 saturated carbocycles. The lowest BCUT2D eigenvalue weighted by molar-refractivity contribution is 0.0976. The third kappa shape index (κ3) is 6.04. The lowest BCUT2D eigenvalue weighted by Crippen LogP contribution is -2.38. The Morgan fingerprint density at radius 3 is 2.27 bits per heavy atom. The van der Waals surface area contributed by atoms with Gasteiger partial charge in [-0.05, 0) is 67.5 Å². The van der Waals surface area contributed by atoms with Crippen LogP contribution in [0, 0.1) is 0 Å². The molecule has 0 bridgehead atoms. The van der Waals surface area contributed by atoms with Crippen molar-refractivity contribution < 1.29 is 14.3 Å². The van der Waals surface area contributed by atoms with Gasteiger partial charge < -0.3 is 14.8 Å². The summed E-state index contributed by atoms with van der Waals surface area (Å²) in [6.07, 6.45) is 1.07. The van der Waals surface area contributed by atoms with E-state index >= 15 is 0 Å². The van der Waals surface area contributed by atoms with Crippen LogP contribution in [0.3, 0.4) is 0 Å². The molecule has 6 heteroatoms. The number of rotatable bonds is 7. The summed E-state index contributed by atoms with van der Waals surface area (Å²) in [5.41, 5.74) is 1.56. The summed E-state index contributed by atoms with van der Waals surface area (Å²) in [4.78, 5) is 12.2. The molecule has 26 heavy (non-hydrogen) atoms. The van der Waals surface area contributed by atoms with Crippen molar-refractivity contribution in [2.24, 2.45) is 0 Å². The Bertz CT molecular complexity index is 730. The second-order valence-electron chi connectivity index (χ2n) is 5.85. The van der Waals surface area contributed by atoms with E-state index in [1.54, 1.807) is 31.4 Å². The average Bonchev–Trinajstić information content (AvgIpc) is 2.67. The van der Waals surface area contributed by atoms with E-state index in [1.165, 1.54) is 0 Å². The number of nitrogens with one attached hydrogen (secondary N) is 2. The van der Waals surface area contributed by atoms with Crippen molar-refractivity contribution in [2.75, 3.05) is 7.11 Å². The maximum absolute atomic E-state index is 12.2. The number of methoxy groups -OCH3 is 1. The van der Waals surface area contributed by atoms with E-state index in [0.717, 1.165) is 23.5 Å². The van der Waals surface area contributed by atoms with Crippen LogP contribution in [-0.4, -0.2) is 24.2 Å². The van der Waals surface area contributed by atoms with Gasteiger partial charge in [-0.2, -0.15) is 0 Å². The zero-order chi connectivity index (χ0) is 18.9. The van der Waals surface area contributed by atoms with Gasteiger partial charge in [-0.15, -0.1) is 0 Å². The Morgan fingerprint density at radius 1 is 1.08 bits per heavy atom. The molecule has 1 atom stereocenters. The Balaban J connectivity index is 1.83. The molecule has 2 N–H and O–H groups in total. The van der Waals surface area contributed by atoms with Gasteiger partial charge in [-0.1, -0.05) is 19.1 Å². The molecule has 0 aliphatic carbocycles. The van der Waals surface area contributed by atoms with Crippen LogP contribution in [0.5, 0.6) is 11.5 Å². The molecule has 0 aliphatic heterocycles. The zero-order valence-electron chi connectivity index (χ0n) is 15.2. The number of thiocarbonyl (C=S) groups is 1. The van der Waals surface area contributed by atoms with Gasteiger partial charge in [-0.3, -0.25) is 10.1 Å². The fraction of sp³-hybridized carbons (Fsp3) is 0.300. The highest BCUT2D eigenvalue weighted by Crippen LogP contribution is 2.15. The second kappa shape index (κ2) is 9.77. The zero-order valence-corrected chi connectivity index (χ0v) is 16.1. The first-order valence-corrected chi connectivity index (χ1v) is 8.91. The van der Waals surface area contributed by atoms with E-state index in [-0.39, 0.29) is 17.1 Å². The predicted molar refractivity (Wildman–Crippen MR) is 107 cm³/mol. The molecule has 2 aromatic rings. The first-order chi connectivity index (χ1) is 12.5. The fourth-order valence-corrected chi connectivity index (χ4v) is 2.31. The minimum atomic E-state index is -0.257. The third-order valence-corrected chi connectivity index (χ3v) is 4.11. The van der Waals surface area contributed by atoms with Crippen LogP contribution >= 0.6 is 12.2 Å². The number of ether oxygens (including phenoxy) is 2. The highest BCUT2D eigenvalue weighted by atomic mass is 32.1. The summed E-state index contributed by atoms with van der Waals surface area (Å²) in [6.45, 7) is 4.59. The number of carbonyl (C=O) groups is 1. The first kappa shape index (κ1) is 19.7. The summed E-state index contributed by atoms with van der Waals surface area (Å²) >= 11 is 5.18. The highest BCUT2D eigenvalue weighted by molar-refractivity contribution is 7.80. The summed E-state index contributed by atoms with van der Waals surface area (Å²) in [5.74, 6) is 1.29. The minimum absolute atomic E-state index is 0.143. The molecule has 1 unspecified atom stereocenters. The van der Waals surface area contributed by atoms with E-state index < -0.39 is 0 Å². The van der Waals surface area contributed by atoms with Gasteiger partial charge in [0.2, 0.25) is 0 Å². The summed E-state index contributed by atoms with van der Waals surface area (Å²) in [6, 6.07) is 14.6.